The van der Waals surface area contributed by atoms with Crippen molar-refractivity contribution in [1.82, 2.24) is 0 Å². The van der Waals surface area contributed by atoms with Crippen molar-refractivity contribution in [2.45, 2.75) is 4.90 Å². The molecule has 96 valence electrons. The summed E-state index contributed by atoms with van der Waals surface area (Å²) in [6, 6.07) is 16.7. The van der Waals surface area contributed by atoms with Crippen LogP contribution in [-0.2, 0) is 0 Å². The summed E-state index contributed by atoms with van der Waals surface area (Å²) < 4.78 is 4.35. The summed E-state index contributed by atoms with van der Waals surface area (Å²) in [4.78, 5) is 10.00. The van der Waals surface area contributed by atoms with Crippen LogP contribution in [0.1, 0.15) is 5.56 Å². The average molecular weight is 272 g/mol. The van der Waals surface area contributed by atoms with Gasteiger partial charge in [-0.05, 0) is 17.2 Å². The van der Waals surface area contributed by atoms with Gasteiger partial charge in [0.05, 0.1) is 0 Å². The summed E-state index contributed by atoms with van der Waals surface area (Å²) in [7, 11) is 0. The van der Waals surface area contributed by atoms with Gasteiger partial charge in [-0.3, -0.25) is 0 Å². The van der Waals surface area contributed by atoms with Gasteiger partial charge in [-0.2, -0.15) is 0 Å². The Morgan fingerprint density at radius 2 is 1.63 bits per heavy atom. The number of primary amides is 1. The molecule has 1 amide bonds. The van der Waals surface area contributed by atoms with E-state index in [2.05, 4.69) is 52.6 Å². The molecule has 0 aliphatic carbocycles. The highest BCUT2D eigenvalue weighted by molar-refractivity contribution is 7.98. The second kappa shape index (κ2) is 6.06. The van der Waals surface area contributed by atoms with Gasteiger partial charge in [0.15, 0.2) is 0 Å². The first-order valence-corrected chi connectivity index (χ1v) is 6.33. The van der Waals surface area contributed by atoms with Gasteiger partial charge in [0.25, 0.3) is 0 Å². The Balaban J connectivity index is 0.000000297. The van der Waals surface area contributed by atoms with Gasteiger partial charge >= 0.3 is 6.09 Å². The molecular formula is C14H12N2O2S. The molecule has 1 aliphatic heterocycles. The minimum atomic E-state index is -1.33. The van der Waals surface area contributed by atoms with Gasteiger partial charge in [0, 0.05) is 28.6 Å². The highest BCUT2D eigenvalue weighted by Crippen LogP contribution is 2.35. The van der Waals surface area contributed by atoms with E-state index in [1.807, 2.05) is 12.3 Å². The van der Waals surface area contributed by atoms with Crippen LogP contribution in [0.4, 0.5) is 4.79 Å². The molecule has 5 heteroatoms. The number of carbonyl (C=O) groups is 1. The smallest absolute Gasteiger partial charge is 0.402 e. The molecule has 1 aliphatic rings. The zero-order valence-electron chi connectivity index (χ0n) is 9.98. The molecule has 0 fully saturated rings. The van der Waals surface area contributed by atoms with Crippen molar-refractivity contribution < 1.29 is 9.90 Å². The maximum absolute atomic E-state index is 8.78. The third-order valence-corrected chi connectivity index (χ3v) is 3.24. The zero-order valence-corrected chi connectivity index (χ0v) is 10.8. The minimum Gasteiger partial charge on any atom is -0.465 e. The van der Waals surface area contributed by atoms with Crippen LogP contribution in [0.15, 0.2) is 57.8 Å². The monoisotopic (exact) mass is 272 g/mol. The van der Waals surface area contributed by atoms with E-state index in [1.165, 1.54) is 33.5 Å². The van der Waals surface area contributed by atoms with Crippen molar-refractivity contribution in [3.05, 3.63) is 54.1 Å². The van der Waals surface area contributed by atoms with Crippen LogP contribution >= 0.6 is 11.9 Å². The van der Waals surface area contributed by atoms with Gasteiger partial charge in [0.2, 0.25) is 0 Å². The molecule has 19 heavy (non-hydrogen) atoms. The van der Waals surface area contributed by atoms with E-state index in [4.69, 9.17) is 9.90 Å². The summed E-state index contributed by atoms with van der Waals surface area (Å²) in [6.45, 7) is 0. The van der Waals surface area contributed by atoms with Gasteiger partial charge < -0.3 is 10.8 Å². The Bertz CT molecular complexity index is 622. The molecule has 0 unspecified atom stereocenters. The maximum atomic E-state index is 8.78. The van der Waals surface area contributed by atoms with E-state index in [-0.39, 0.29) is 0 Å². The SMILES string of the molecule is C1=NSc2ccccc2-c2ccccc21.NC(=O)O. The lowest BCUT2D eigenvalue weighted by molar-refractivity contribution is 0.205. The standard InChI is InChI=1S/C13H9NS.CH3NO2/c1-2-6-11-10(5-1)9-14-15-13-8-4-3-7-12(11)13;2-1(3)4/h1-9H;2H2,(H,3,4). The van der Waals surface area contributed by atoms with Gasteiger partial charge in [-0.15, -0.1) is 0 Å². The molecule has 0 aromatic heterocycles. The van der Waals surface area contributed by atoms with E-state index < -0.39 is 6.09 Å². The number of amides is 1. The molecule has 2 aromatic carbocycles. The first-order valence-electron chi connectivity index (χ1n) is 5.55. The highest BCUT2D eigenvalue weighted by atomic mass is 32.2. The first-order chi connectivity index (χ1) is 9.18. The highest BCUT2D eigenvalue weighted by Gasteiger charge is 2.10. The van der Waals surface area contributed by atoms with Crippen LogP contribution in [0.3, 0.4) is 0 Å². The molecule has 0 atom stereocenters. The fraction of sp³-hybridized carbons (Fsp3) is 0. The first kappa shape index (κ1) is 13.2. The predicted molar refractivity (Wildman–Crippen MR) is 77.5 cm³/mol. The average Bonchev–Trinajstić information content (AvgIpc) is 2.57. The van der Waals surface area contributed by atoms with Gasteiger partial charge in [-0.1, -0.05) is 42.5 Å². The molecule has 0 bridgehead atoms. The van der Waals surface area contributed by atoms with Gasteiger partial charge in [-0.25, -0.2) is 9.19 Å². The molecule has 0 saturated carbocycles. The number of rotatable bonds is 0. The number of fused-ring (bicyclic) bond motifs is 3. The fourth-order valence-electron chi connectivity index (χ4n) is 1.76. The second-order valence-electron chi connectivity index (χ2n) is 3.75. The van der Waals surface area contributed by atoms with E-state index in [0.717, 1.165) is 0 Å². The molecule has 2 aromatic rings. The Morgan fingerprint density at radius 1 is 1.05 bits per heavy atom. The lowest BCUT2D eigenvalue weighted by atomic mass is 10.0. The van der Waals surface area contributed by atoms with Gasteiger partial charge in [0.1, 0.15) is 0 Å². The van der Waals surface area contributed by atoms with Crippen molar-refractivity contribution in [3.8, 4) is 11.1 Å². The summed E-state index contributed by atoms with van der Waals surface area (Å²) in [5.41, 5.74) is 7.76. The molecule has 0 saturated heterocycles. The van der Waals surface area contributed by atoms with Crippen LogP contribution in [0, 0.1) is 0 Å². The van der Waals surface area contributed by atoms with E-state index in [0.29, 0.717) is 0 Å². The van der Waals surface area contributed by atoms with E-state index in [1.54, 1.807) is 0 Å². The fourth-order valence-corrected chi connectivity index (χ4v) is 2.46. The quantitative estimate of drug-likeness (QED) is 0.721. The van der Waals surface area contributed by atoms with Crippen molar-refractivity contribution in [1.29, 1.82) is 0 Å². The Kier molecular flexibility index (Phi) is 4.20. The molecule has 0 spiro atoms. The summed E-state index contributed by atoms with van der Waals surface area (Å²) in [5, 5.41) is 7.19. The summed E-state index contributed by atoms with van der Waals surface area (Å²) >= 11 is 1.54. The number of hydrogen-bond acceptors (Lipinski definition) is 3. The molecule has 3 N–H and O–H groups in total. The maximum Gasteiger partial charge on any atom is 0.402 e. The van der Waals surface area contributed by atoms with Crippen molar-refractivity contribution in [2.24, 2.45) is 10.1 Å². The largest absolute Gasteiger partial charge is 0.465 e. The Labute approximate surface area is 115 Å². The summed E-state index contributed by atoms with van der Waals surface area (Å²) in [5.74, 6) is 0. The van der Waals surface area contributed by atoms with Crippen molar-refractivity contribution >= 4 is 24.3 Å². The van der Waals surface area contributed by atoms with Crippen LogP contribution in [-0.4, -0.2) is 17.4 Å². The minimum absolute atomic E-state index is 1.19. The zero-order chi connectivity index (χ0) is 13.7. The number of nitrogens with zero attached hydrogens (tertiary/aromatic N) is 1. The topological polar surface area (TPSA) is 75.7 Å². The van der Waals surface area contributed by atoms with Crippen LogP contribution in [0.5, 0.6) is 0 Å². The summed E-state index contributed by atoms with van der Waals surface area (Å²) in [6.07, 6.45) is 0.597. The van der Waals surface area contributed by atoms with E-state index >= 15 is 0 Å². The number of benzene rings is 2. The molecule has 3 rings (SSSR count). The lowest BCUT2D eigenvalue weighted by Crippen LogP contribution is -2.03. The Hall–Kier alpha value is -2.27. The van der Waals surface area contributed by atoms with Crippen LogP contribution in [0.25, 0.3) is 11.1 Å². The molecule has 0 radical (unpaired) electrons. The normalized spacial score (nSPS) is 11.4. The second-order valence-corrected chi connectivity index (χ2v) is 4.58. The lowest BCUT2D eigenvalue weighted by Gasteiger charge is -2.06. The molecule has 1 heterocycles. The third-order valence-electron chi connectivity index (χ3n) is 2.48. The number of carboxylic acid groups (broad SMARTS) is 1. The van der Waals surface area contributed by atoms with E-state index in [9.17, 15) is 0 Å². The Morgan fingerprint density at radius 3 is 2.37 bits per heavy atom. The van der Waals surface area contributed by atoms with Crippen LogP contribution < -0.4 is 5.73 Å². The number of hydrogen-bond donors (Lipinski definition) is 2. The van der Waals surface area contributed by atoms with Crippen molar-refractivity contribution in [3.63, 3.8) is 0 Å². The third kappa shape index (κ3) is 3.35. The van der Waals surface area contributed by atoms with Crippen LogP contribution in [0.2, 0.25) is 0 Å². The predicted octanol–water partition coefficient (Wildman–Crippen LogP) is 3.42. The number of nitrogens with two attached hydrogens (primary N) is 1. The van der Waals surface area contributed by atoms with Crippen molar-refractivity contribution in [2.75, 3.05) is 0 Å². The molecular weight excluding hydrogens is 260 g/mol. The molecule has 4 nitrogen and oxygen atoms in total.